The standard InChI is InChI=1S/C29H33ClF2N4O6S2/c1-41-28(37)18-5-3-16(4-6-18)15-44(39,40)36-12-9-17(10-13-36)24-21(29(38)42-2)25(19-7-8-20(31)23(32)22(19)30)35-26(34-24)27-33-11-14-43-27/h7-8,11,14,16-18,25H,3-6,9-10,12-13,15H2,1-2H3,(H,34,35). The quantitative estimate of drug-likeness (QED) is 0.319. The maximum Gasteiger partial charge on any atom is 0.338 e. The first kappa shape index (κ1) is 32.5. The van der Waals surface area contributed by atoms with E-state index in [4.69, 9.17) is 21.1 Å². The van der Waals surface area contributed by atoms with Crippen molar-refractivity contribution < 1.29 is 36.3 Å². The number of amidine groups is 1. The number of ether oxygens (including phenoxy) is 2. The summed E-state index contributed by atoms with van der Waals surface area (Å²) in [5.74, 6) is -3.54. The van der Waals surface area contributed by atoms with Crippen LogP contribution in [0.3, 0.4) is 0 Å². The van der Waals surface area contributed by atoms with Gasteiger partial charge in [-0.15, -0.1) is 11.3 Å². The van der Waals surface area contributed by atoms with Gasteiger partial charge in [0.25, 0.3) is 0 Å². The predicted octanol–water partition coefficient (Wildman–Crippen LogP) is 4.61. The van der Waals surface area contributed by atoms with Crippen molar-refractivity contribution in [3.8, 4) is 0 Å². The van der Waals surface area contributed by atoms with E-state index >= 15 is 0 Å². The number of nitrogens with zero attached hydrogens (tertiary/aromatic N) is 3. The highest BCUT2D eigenvalue weighted by atomic mass is 35.5. The van der Waals surface area contributed by atoms with E-state index < -0.39 is 38.7 Å². The van der Waals surface area contributed by atoms with E-state index in [0.29, 0.717) is 55.1 Å². The van der Waals surface area contributed by atoms with Crippen LogP contribution in [0.1, 0.15) is 55.1 Å². The lowest BCUT2D eigenvalue weighted by Gasteiger charge is -2.37. The third kappa shape index (κ3) is 6.68. The maximum absolute atomic E-state index is 14.6. The molecule has 1 unspecified atom stereocenters. The van der Waals surface area contributed by atoms with Gasteiger partial charge in [-0.3, -0.25) is 9.79 Å². The monoisotopic (exact) mass is 670 g/mol. The summed E-state index contributed by atoms with van der Waals surface area (Å²) in [6.07, 6.45) is 4.87. The van der Waals surface area contributed by atoms with Crippen molar-refractivity contribution in [2.75, 3.05) is 33.1 Å². The second-order valence-corrected chi connectivity index (χ2v) is 14.4. The molecule has 1 aromatic heterocycles. The second kappa shape index (κ2) is 13.6. The minimum absolute atomic E-state index is 0.0114. The van der Waals surface area contributed by atoms with Crippen LogP contribution >= 0.6 is 22.9 Å². The molecule has 1 aromatic carbocycles. The minimum Gasteiger partial charge on any atom is -0.469 e. The van der Waals surface area contributed by atoms with E-state index in [2.05, 4.69) is 15.3 Å². The largest absolute Gasteiger partial charge is 0.469 e. The maximum atomic E-state index is 14.6. The molecule has 2 fully saturated rings. The summed E-state index contributed by atoms with van der Waals surface area (Å²) in [5, 5.41) is 5.00. The van der Waals surface area contributed by atoms with Gasteiger partial charge in [-0.25, -0.2) is 31.3 Å². The van der Waals surface area contributed by atoms with Crippen molar-refractivity contribution >= 4 is 50.7 Å². The number of hydrogen-bond donors (Lipinski definition) is 1. The molecule has 0 bridgehead atoms. The van der Waals surface area contributed by atoms with Crippen molar-refractivity contribution in [3.63, 3.8) is 0 Å². The van der Waals surface area contributed by atoms with Crippen LogP contribution in [0.5, 0.6) is 0 Å². The molecule has 44 heavy (non-hydrogen) atoms. The molecule has 1 N–H and O–H groups in total. The first-order chi connectivity index (χ1) is 21.0. The molecular formula is C29H33ClF2N4O6S2. The lowest BCUT2D eigenvalue weighted by atomic mass is 9.83. The Hall–Kier alpha value is -2.94. The van der Waals surface area contributed by atoms with Crippen molar-refractivity contribution in [1.29, 1.82) is 0 Å². The number of thiazole rings is 1. The number of allylic oxidation sites excluding steroid dienone is 1. The van der Waals surface area contributed by atoms with E-state index in [1.165, 1.54) is 35.9 Å². The van der Waals surface area contributed by atoms with Crippen molar-refractivity contribution in [3.05, 3.63) is 62.2 Å². The molecule has 0 amide bonds. The molecule has 1 saturated heterocycles. The number of carbonyl (C=O) groups excluding carboxylic acids is 2. The molecule has 2 aliphatic heterocycles. The van der Waals surface area contributed by atoms with Gasteiger partial charge in [-0.05, 0) is 50.5 Å². The van der Waals surface area contributed by atoms with Gasteiger partial charge in [-0.2, -0.15) is 0 Å². The van der Waals surface area contributed by atoms with E-state index in [0.717, 1.165) is 6.07 Å². The molecule has 5 rings (SSSR count). The lowest BCUT2D eigenvalue weighted by Crippen LogP contribution is -2.44. The Morgan fingerprint density at radius 2 is 1.80 bits per heavy atom. The molecule has 10 nitrogen and oxygen atoms in total. The Balaban J connectivity index is 1.38. The summed E-state index contributed by atoms with van der Waals surface area (Å²) in [5.41, 5.74) is 0.631. The molecule has 1 atom stereocenters. The van der Waals surface area contributed by atoms with Crippen molar-refractivity contribution in [2.24, 2.45) is 22.7 Å². The average Bonchev–Trinajstić information content (AvgIpc) is 3.58. The number of methoxy groups -OCH3 is 2. The van der Waals surface area contributed by atoms with Gasteiger partial charge in [0.2, 0.25) is 10.0 Å². The number of sulfonamides is 1. The Morgan fingerprint density at radius 1 is 1.09 bits per heavy atom. The van der Waals surface area contributed by atoms with Gasteiger partial charge in [-0.1, -0.05) is 17.7 Å². The molecule has 0 spiro atoms. The third-order valence-electron chi connectivity index (χ3n) is 8.56. The topological polar surface area (TPSA) is 127 Å². The average molecular weight is 671 g/mol. The van der Waals surface area contributed by atoms with Crippen LogP contribution in [0.4, 0.5) is 8.78 Å². The van der Waals surface area contributed by atoms with Crippen LogP contribution < -0.4 is 5.32 Å². The highest BCUT2D eigenvalue weighted by Gasteiger charge is 2.40. The predicted molar refractivity (Wildman–Crippen MR) is 160 cm³/mol. The number of rotatable bonds is 8. The van der Waals surface area contributed by atoms with Crippen LogP contribution in [0, 0.1) is 29.4 Å². The molecule has 3 heterocycles. The number of nitrogens with one attached hydrogen (secondary N) is 1. The zero-order chi connectivity index (χ0) is 31.6. The summed E-state index contributed by atoms with van der Waals surface area (Å²) in [7, 11) is -0.993. The zero-order valence-electron chi connectivity index (χ0n) is 24.2. The third-order valence-corrected chi connectivity index (χ3v) is 11.8. The van der Waals surface area contributed by atoms with Gasteiger partial charge in [0.1, 0.15) is 6.04 Å². The minimum atomic E-state index is -3.57. The lowest BCUT2D eigenvalue weighted by molar-refractivity contribution is -0.146. The molecule has 238 valence electrons. The SMILES string of the molecule is COC(=O)C1=C(C2CCN(S(=O)(=O)CC3CCC(C(=O)OC)CC3)CC2)NC(c2nccs2)=NC1c1ccc(F)c(F)c1Cl. The molecule has 1 saturated carbocycles. The second-order valence-electron chi connectivity index (χ2n) is 11.1. The molecule has 3 aliphatic rings. The fraction of sp³-hybridized carbons (Fsp3) is 0.517. The number of hydrogen-bond acceptors (Lipinski definition) is 10. The number of benzene rings is 1. The summed E-state index contributed by atoms with van der Waals surface area (Å²) < 4.78 is 66.8. The fourth-order valence-electron chi connectivity index (χ4n) is 6.21. The molecule has 2 aromatic rings. The first-order valence-electron chi connectivity index (χ1n) is 14.3. The zero-order valence-corrected chi connectivity index (χ0v) is 26.6. The van der Waals surface area contributed by atoms with Crippen LogP contribution in [0.2, 0.25) is 5.02 Å². The highest BCUT2D eigenvalue weighted by Crippen LogP contribution is 2.41. The van der Waals surface area contributed by atoms with Gasteiger partial charge < -0.3 is 14.8 Å². The summed E-state index contributed by atoms with van der Waals surface area (Å²) in [6, 6.07) is 1.09. The van der Waals surface area contributed by atoms with Gasteiger partial charge >= 0.3 is 11.9 Å². The number of aromatic nitrogens is 1. The Morgan fingerprint density at radius 3 is 2.41 bits per heavy atom. The van der Waals surface area contributed by atoms with E-state index in [1.54, 1.807) is 11.6 Å². The summed E-state index contributed by atoms with van der Waals surface area (Å²) >= 11 is 7.54. The van der Waals surface area contributed by atoms with Gasteiger partial charge in [0.15, 0.2) is 22.5 Å². The Bertz CT molecular complexity index is 1570. The summed E-state index contributed by atoms with van der Waals surface area (Å²) in [6.45, 7) is 0.453. The van der Waals surface area contributed by atoms with E-state index in [-0.39, 0.29) is 53.7 Å². The van der Waals surface area contributed by atoms with Gasteiger partial charge in [0, 0.05) is 41.8 Å². The van der Waals surface area contributed by atoms with E-state index in [9.17, 15) is 26.8 Å². The number of carbonyl (C=O) groups is 2. The number of halogens is 3. The fourth-order valence-corrected chi connectivity index (χ4v) is 8.96. The van der Waals surface area contributed by atoms with E-state index in [1.807, 2.05) is 0 Å². The number of esters is 2. The van der Waals surface area contributed by atoms with Crippen molar-refractivity contribution in [2.45, 2.75) is 44.6 Å². The molecule has 0 radical (unpaired) electrons. The van der Waals surface area contributed by atoms with Crippen LogP contribution in [0.15, 0.2) is 40.0 Å². The Kier molecular flexibility index (Phi) is 10.0. The molecule has 1 aliphatic carbocycles. The number of piperidine rings is 1. The summed E-state index contributed by atoms with van der Waals surface area (Å²) in [4.78, 5) is 34.1. The van der Waals surface area contributed by atoms with Crippen LogP contribution in [-0.4, -0.2) is 68.5 Å². The number of aliphatic imine (C=N–C) groups is 1. The highest BCUT2D eigenvalue weighted by molar-refractivity contribution is 7.89. The Labute approximate surface area is 263 Å². The van der Waals surface area contributed by atoms with Crippen molar-refractivity contribution in [1.82, 2.24) is 14.6 Å². The van der Waals surface area contributed by atoms with Crippen LogP contribution in [0.25, 0.3) is 0 Å². The smallest absolute Gasteiger partial charge is 0.338 e. The first-order valence-corrected chi connectivity index (χ1v) is 17.2. The normalized spacial score (nSPS) is 23.6. The van der Waals surface area contributed by atoms with Crippen LogP contribution in [-0.2, 0) is 29.1 Å². The van der Waals surface area contributed by atoms with Gasteiger partial charge in [0.05, 0.1) is 36.5 Å². The molecular weight excluding hydrogens is 638 g/mol. The molecule has 15 heteroatoms.